The van der Waals surface area contributed by atoms with Crippen molar-refractivity contribution in [3.63, 3.8) is 0 Å². The Labute approximate surface area is 281 Å². The van der Waals surface area contributed by atoms with Crippen LogP contribution in [0.1, 0.15) is 22.3 Å². The third-order valence-electron chi connectivity index (χ3n) is 10.9. The van der Waals surface area contributed by atoms with Gasteiger partial charge in [0.1, 0.15) is 11.3 Å². The van der Waals surface area contributed by atoms with Crippen molar-refractivity contribution in [2.45, 2.75) is 27.7 Å². The molecule has 0 radical (unpaired) electrons. The van der Waals surface area contributed by atoms with Crippen molar-refractivity contribution in [2.24, 2.45) is 0 Å². The van der Waals surface area contributed by atoms with E-state index >= 15 is 0 Å². The summed E-state index contributed by atoms with van der Waals surface area (Å²) in [6.07, 6.45) is 4.17. The molecule has 49 heavy (non-hydrogen) atoms. The van der Waals surface area contributed by atoms with E-state index in [-0.39, 0.29) is 0 Å². The van der Waals surface area contributed by atoms with Gasteiger partial charge in [-0.25, -0.2) is 9.97 Å². The van der Waals surface area contributed by atoms with E-state index in [9.17, 15) is 0 Å². The standard InChI is InChI=1S/C44H31N5/c1-24-12-9-13-25(2)40(24)48-32-20-7-5-16-28(32)38-36-30-18-11-19-31-37-35(47(42(30)31)34(36)22-45-43(38)48)23-46-44-39(37)29-17-6-8-21-33(29)49(44)41-26(3)14-10-15-27(41)4/h5-23H,1-4H3. The molecule has 0 saturated carbocycles. The molecule has 0 saturated heterocycles. The van der Waals surface area contributed by atoms with Crippen LogP contribution < -0.4 is 0 Å². The Bertz CT molecular complexity index is 2960. The number of fused-ring (bicyclic) bond motifs is 14. The number of para-hydroxylation sites is 5. The van der Waals surface area contributed by atoms with Gasteiger partial charge in [-0.15, -0.1) is 0 Å². The highest BCUT2D eigenvalue weighted by atomic mass is 15.1. The maximum Gasteiger partial charge on any atom is 0.146 e. The molecule has 0 atom stereocenters. The van der Waals surface area contributed by atoms with Gasteiger partial charge < -0.3 is 4.40 Å². The van der Waals surface area contributed by atoms with Crippen molar-refractivity contribution in [3.05, 3.63) is 138 Å². The molecule has 11 aromatic rings. The van der Waals surface area contributed by atoms with Crippen LogP contribution in [0, 0.1) is 27.7 Å². The van der Waals surface area contributed by atoms with Gasteiger partial charge in [0.25, 0.3) is 0 Å². The molecule has 6 aromatic heterocycles. The van der Waals surface area contributed by atoms with Gasteiger partial charge >= 0.3 is 0 Å². The van der Waals surface area contributed by atoms with Gasteiger partial charge in [-0.05, 0) is 62.1 Å². The van der Waals surface area contributed by atoms with Crippen LogP contribution in [0.25, 0.3) is 93.3 Å². The molecule has 0 fully saturated rings. The van der Waals surface area contributed by atoms with E-state index in [4.69, 9.17) is 9.97 Å². The molecular weight excluding hydrogens is 599 g/mol. The first-order valence-corrected chi connectivity index (χ1v) is 16.9. The number of benzene rings is 5. The van der Waals surface area contributed by atoms with Crippen LogP contribution in [0.2, 0.25) is 0 Å². The first-order valence-electron chi connectivity index (χ1n) is 16.9. The summed E-state index contributed by atoms with van der Waals surface area (Å²) in [6, 6.07) is 37.4. The smallest absolute Gasteiger partial charge is 0.146 e. The highest BCUT2D eigenvalue weighted by Crippen LogP contribution is 2.47. The summed E-state index contributed by atoms with van der Waals surface area (Å²) >= 11 is 0. The fourth-order valence-electron chi connectivity index (χ4n) is 9.03. The summed E-state index contributed by atoms with van der Waals surface area (Å²) in [6.45, 7) is 8.78. The Balaban J connectivity index is 1.34. The second kappa shape index (κ2) is 9.24. The predicted molar refractivity (Wildman–Crippen MR) is 204 cm³/mol. The van der Waals surface area contributed by atoms with Crippen LogP contribution in [0.15, 0.2) is 116 Å². The summed E-state index contributed by atoms with van der Waals surface area (Å²) in [5.74, 6) is 0. The highest BCUT2D eigenvalue weighted by molar-refractivity contribution is 6.36. The fourth-order valence-corrected chi connectivity index (χ4v) is 9.03. The minimum atomic E-state index is 0.988. The average Bonchev–Trinajstić information content (AvgIpc) is 3.83. The quantitative estimate of drug-likeness (QED) is 0.191. The molecule has 5 heteroatoms. The third kappa shape index (κ3) is 3.20. The number of nitrogens with zero attached hydrogens (tertiary/aromatic N) is 5. The maximum atomic E-state index is 5.30. The zero-order valence-electron chi connectivity index (χ0n) is 27.7. The second-order valence-corrected chi connectivity index (χ2v) is 13.7. The van der Waals surface area contributed by atoms with Gasteiger partial charge in [0.2, 0.25) is 0 Å². The Morgan fingerprint density at radius 3 is 1.22 bits per heavy atom. The summed E-state index contributed by atoms with van der Waals surface area (Å²) in [7, 11) is 0. The van der Waals surface area contributed by atoms with Crippen LogP contribution in [0.3, 0.4) is 0 Å². The molecule has 0 aliphatic carbocycles. The van der Waals surface area contributed by atoms with E-state index in [1.807, 2.05) is 0 Å². The second-order valence-electron chi connectivity index (χ2n) is 13.7. The zero-order chi connectivity index (χ0) is 32.7. The average molecular weight is 630 g/mol. The van der Waals surface area contributed by atoms with Crippen LogP contribution in [-0.2, 0) is 0 Å². The van der Waals surface area contributed by atoms with Crippen LogP contribution >= 0.6 is 0 Å². The Morgan fingerprint density at radius 1 is 0.388 bits per heavy atom. The maximum absolute atomic E-state index is 5.30. The van der Waals surface area contributed by atoms with Gasteiger partial charge in [-0.1, -0.05) is 91.0 Å². The number of aryl methyl sites for hydroxylation is 4. The van der Waals surface area contributed by atoms with Crippen LogP contribution in [-0.4, -0.2) is 23.5 Å². The van der Waals surface area contributed by atoms with Crippen molar-refractivity contribution in [2.75, 3.05) is 0 Å². The van der Waals surface area contributed by atoms with Gasteiger partial charge in [-0.3, -0.25) is 9.13 Å². The Morgan fingerprint density at radius 2 is 0.776 bits per heavy atom. The van der Waals surface area contributed by atoms with Gasteiger partial charge in [0, 0.05) is 43.1 Å². The minimum Gasteiger partial charge on any atom is -0.305 e. The van der Waals surface area contributed by atoms with Crippen molar-refractivity contribution >= 4 is 82.0 Å². The van der Waals surface area contributed by atoms with Crippen molar-refractivity contribution < 1.29 is 0 Å². The lowest BCUT2D eigenvalue weighted by Gasteiger charge is -2.13. The SMILES string of the molecule is Cc1cccc(C)c1-n1c2ccccc2c2c3c4cccc5c6c7c8ccccc8n(-c8c(C)cccc8C)c7ncc6n(c3cnc21)c45. The van der Waals surface area contributed by atoms with E-state index < -0.39 is 0 Å². The molecule has 0 aliphatic rings. The number of hydrogen-bond acceptors (Lipinski definition) is 2. The zero-order valence-corrected chi connectivity index (χ0v) is 27.7. The molecule has 0 aliphatic heterocycles. The van der Waals surface area contributed by atoms with Crippen LogP contribution in [0.5, 0.6) is 0 Å². The lowest BCUT2D eigenvalue weighted by atomic mass is 10.0. The predicted octanol–water partition coefficient (Wildman–Crippen LogP) is 11.1. The highest BCUT2D eigenvalue weighted by Gasteiger charge is 2.26. The minimum absolute atomic E-state index is 0.988. The van der Waals surface area contributed by atoms with Gasteiger partial charge in [0.15, 0.2) is 0 Å². The Kier molecular flexibility index (Phi) is 5.06. The molecule has 11 rings (SSSR count). The van der Waals surface area contributed by atoms with Crippen molar-refractivity contribution in [1.82, 2.24) is 23.5 Å². The number of hydrogen-bond donors (Lipinski definition) is 0. The summed E-state index contributed by atoms with van der Waals surface area (Å²) in [5.41, 5.74) is 15.1. The van der Waals surface area contributed by atoms with E-state index in [2.05, 4.69) is 157 Å². The molecule has 232 valence electrons. The third-order valence-corrected chi connectivity index (χ3v) is 10.9. The summed E-state index contributed by atoms with van der Waals surface area (Å²) in [4.78, 5) is 10.6. The topological polar surface area (TPSA) is 40.0 Å². The van der Waals surface area contributed by atoms with E-state index in [0.717, 1.165) is 22.3 Å². The lowest BCUT2D eigenvalue weighted by Crippen LogP contribution is -2.01. The molecule has 0 spiro atoms. The van der Waals surface area contributed by atoms with E-state index in [1.54, 1.807) is 0 Å². The van der Waals surface area contributed by atoms with Gasteiger partial charge in [-0.2, -0.15) is 0 Å². The molecule has 5 aromatic carbocycles. The molecule has 0 bridgehead atoms. The van der Waals surface area contributed by atoms with Gasteiger partial charge in [0.05, 0.1) is 51.4 Å². The fraction of sp³-hybridized carbons (Fsp3) is 0.0909. The van der Waals surface area contributed by atoms with Crippen molar-refractivity contribution in [3.8, 4) is 11.4 Å². The largest absolute Gasteiger partial charge is 0.305 e. The lowest BCUT2D eigenvalue weighted by molar-refractivity contribution is 1.09. The first-order chi connectivity index (χ1) is 24.0. The molecule has 0 unspecified atom stereocenters. The monoisotopic (exact) mass is 629 g/mol. The van der Waals surface area contributed by atoms with Crippen LogP contribution in [0.4, 0.5) is 0 Å². The van der Waals surface area contributed by atoms with E-state index in [1.165, 1.54) is 93.3 Å². The molecule has 0 amide bonds. The normalized spacial score (nSPS) is 12.5. The molecule has 5 nitrogen and oxygen atoms in total. The van der Waals surface area contributed by atoms with E-state index in [0.29, 0.717) is 0 Å². The number of aromatic nitrogens is 5. The summed E-state index contributed by atoms with van der Waals surface area (Å²) in [5, 5.41) is 9.79. The number of pyridine rings is 2. The Hall–Kier alpha value is -6.20. The molecular formula is C44H31N5. The first kappa shape index (κ1) is 26.8. The molecule has 6 heterocycles. The van der Waals surface area contributed by atoms with Crippen molar-refractivity contribution in [1.29, 1.82) is 0 Å². The number of rotatable bonds is 2. The molecule has 0 N–H and O–H groups in total. The summed E-state index contributed by atoms with van der Waals surface area (Å²) < 4.78 is 7.16.